The number of carbonyl (C=O) groups excluding carboxylic acids is 2. The summed E-state index contributed by atoms with van der Waals surface area (Å²) in [7, 11) is 0. The topological polar surface area (TPSA) is 110 Å². The van der Waals surface area contributed by atoms with Crippen molar-refractivity contribution in [3.05, 3.63) is 35.4 Å². The zero-order valence-electron chi connectivity index (χ0n) is 9.87. The maximum Gasteiger partial charge on any atom is 0.338 e. The van der Waals surface area contributed by atoms with E-state index in [-0.39, 0.29) is 12.2 Å². The lowest BCUT2D eigenvalue weighted by atomic mass is 10.0. The second-order valence-electron chi connectivity index (χ2n) is 3.63. The Morgan fingerprint density at radius 3 is 2.28 bits per heavy atom. The molecule has 6 nitrogen and oxygen atoms in total. The maximum atomic E-state index is 11.2. The third-order valence-electron chi connectivity index (χ3n) is 2.36. The Hall–Kier alpha value is -1.92. The maximum absolute atomic E-state index is 11.2. The summed E-state index contributed by atoms with van der Waals surface area (Å²) in [5.74, 6) is -1.49. The SMILES string of the molecule is CCOC(=O)C(O)C(O)c1ccc(C(N)=O)cc1. The van der Waals surface area contributed by atoms with Gasteiger partial charge in [-0.05, 0) is 24.6 Å². The first-order valence-electron chi connectivity index (χ1n) is 5.40. The second kappa shape index (κ2) is 6.13. The van der Waals surface area contributed by atoms with Crippen molar-refractivity contribution in [1.29, 1.82) is 0 Å². The Kier molecular flexibility index (Phi) is 4.82. The van der Waals surface area contributed by atoms with Crippen LogP contribution in [0.15, 0.2) is 24.3 Å². The molecule has 18 heavy (non-hydrogen) atoms. The van der Waals surface area contributed by atoms with E-state index in [1.54, 1.807) is 6.92 Å². The van der Waals surface area contributed by atoms with Crippen molar-refractivity contribution < 1.29 is 24.5 Å². The minimum absolute atomic E-state index is 0.114. The lowest BCUT2D eigenvalue weighted by Crippen LogP contribution is -2.29. The van der Waals surface area contributed by atoms with Crippen LogP contribution >= 0.6 is 0 Å². The highest BCUT2D eigenvalue weighted by atomic mass is 16.5. The summed E-state index contributed by atoms with van der Waals surface area (Å²) >= 11 is 0. The third-order valence-corrected chi connectivity index (χ3v) is 2.36. The lowest BCUT2D eigenvalue weighted by molar-refractivity contribution is -0.159. The van der Waals surface area contributed by atoms with Gasteiger partial charge in [-0.25, -0.2) is 4.79 Å². The number of aliphatic hydroxyl groups excluding tert-OH is 2. The van der Waals surface area contributed by atoms with E-state index in [9.17, 15) is 19.8 Å². The molecule has 0 heterocycles. The van der Waals surface area contributed by atoms with E-state index in [0.29, 0.717) is 5.56 Å². The highest BCUT2D eigenvalue weighted by Gasteiger charge is 2.26. The number of benzene rings is 1. The molecule has 1 aromatic rings. The Morgan fingerprint density at radius 1 is 1.28 bits per heavy atom. The van der Waals surface area contributed by atoms with Gasteiger partial charge < -0.3 is 20.7 Å². The number of aliphatic hydroxyl groups is 2. The fourth-order valence-corrected chi connectivity index (χ4v) is 1.38. The standard InChI is InChI=1S/C12H15NO5/c1-2-18-12(17)10(15)9(14)7-3-5-8(6-4-7)11(13)16/h3-6,9-10,14-15H,2H2,1H3,(H2,13,16). The van der Waals surface area contributed by atoms with Gasteiger partial charge in [0.1, 0.15) is 6.10 Å². The number of primary amides is 1. The zero-order chi connectivity index (χ0) is 13.7. The highest BCUT2D eigenvalue weighted by molar-refractivity contribution is 5.92. The molecule has 2 unspecified atom stereocenters. The number of nitrogens with two attached hydrogens (primary N) is 1. The van der Waals surface area contributed by atoms with Crippen LogP contribution in [0.3, 0.4) is 0 Å². The first-order chi connectivity index (χ1) is 8.47. The number of hydrogen-bond acceptors (Lipinski definition) is 5. The van der Waals surface area contributed by atoms with Gasteiger partial charge in [0.05, 0.1) is 6.61 Å². The van der Waals surface area contributed by atoms with Crippen LogP contribution in [0.2, 0.25) is 0 Å². The number of amides is 1. The van der Waals surface area contributed by atoms with Crippen LogP contribution in [0.25, 0.3) is 0 Å². The van der Waals surface area contributed by atoms with Gasteiger partial charge in [-0.1, -0.05) is 12.1 Å². The van der Waals surface area contributed by atoms with Crippen molar-refractivity contribution in [2.75, 3.05) is 6.61 Å². The van der Waals surface area contributed by atoms with Crippen molar-refractivity contribution in [1.82, 2.24) is 0 Å². The molecule has 0 aliphatic carbocycles. The molecule has 1 rings (SSSR count). The summed E-state index contributed by atoms with van der Waals surface area (Å²) in [4.78, 5) is 22.1. The molecule has 0 saturated carbocycles. The first kappa shape index (κ1) is 14.1. The van der Waals surface area contributed by atoms with Crippen LogP contribution in [0.4, 0.5) is 0 Å². The summed E-state index contributed by atoms with van der Waals surface area (Å²) in [5, 5.41) is 19.3. The molecule has 1 aromatic carbocycles. The average molecular weight is 253 g/mol. The van der Waals surface area contributed by atoms with Gasteiger partial charge in [0.15, 0.2) is 6.10 Å². The lowest BCUT2D eigenvalue weighted by Gasteiger charge is -2.16. The van der Waals surface area contributed by atoms with Gasteiger partial charge >= 0.3 is 5.97 Å². The van der Waals surface area contributed by atoms with Gasteiger partial charge in [-0.3, -0.25) is 4.79 Å². The van der Waals surface area contributed by atoms with Gasteiger partial charge in [-0.2, -0.15) is 0 Å². The Balaban J connectivity index is 2.80. The Bertz CT molecular complexity index is 429. The summed E-state index contributed by atoms with van der Waals surface area (Å²) in [5.41, 5.74) is 5.63. The largest absolute Gasteiger partial charge is 0.464 e. The minimum Gasteiger partial charge on any atom is -0.464 e. The number of carbonyl (C=O) groups is 2. The molecule has 0 fully saturated rings. The number of ether oxygens (including phenoxy) is 1. The van der Waals surface area contributed by atoms with Crippen molar-refractivity contribution in [2.45, 2.75) is 19.1 Å². The molecule has 0 saturated heterocycles. The smallest absolute Gasteiger partial charge is 0.338 e. The predicted molar refractivity (Wildman–Crippen MR) is 62.6 cm³/mol. The molecule has 4 N–H and O–H groups in total. The van der Waals surface area contributed by atoms with E-state index >= 15 is 0 Å². The van der Waals surface area contributed by atoms with Crippen molar-refractivity contribution in [2.24, 2.45) is 5.73 Å². The Morgan fingerprint density at radius 2 is 1.83 bits per heavy atom. The van der Waals surface area contributed by atoms with Crippen LogP contribution in [-0.2, 0) is 9.53 Å². The molecular formula is C12H15NO5. The fraction of sp³-hybridized carbons (Fsp3) is 0.333. The molecular weight excluding hydrogens is 238 g/mol. The van der Waals surface area contributed by atoms with E-state index in [2.05, 4.69) is 4.74 Å². The van der Waals surface area contributed by atoms with E-state index in [1.807, 2.05) is 0 Å². The van der Waals surface area contributed by atoms with Crippen molar-refractivity contribution >= 4 is 11.9 Å². The number of hydrogen-bond donors (Lipinski definition) is 3. The fourth-order valence-electron chi connectivity index (χ4n) is 1.38. The summed E-state index contributed by atoms with van der Waals surface area (Å²) in [6.07, 6.45) is -3.07. The normalized spacial score (nSPS) is 13.7. The average Bonchev–Trinajstić information content (AvgIpc) is 2.37. The van der Waals surface area contributed by atoms with E-state index in [0.717, 1.165) is 0 Å². The zero-order valence-corrected chi connectivity index (χ0v) is 9.87. The van der Waals surface area contributed by atoms with Gasteiger partial charge in [0.25, 0.3) is 0 Å². The molecule has 98 valence electrons. The molecule has 0 bridgehead atoms. The first-order valence-corrected chi connectivity index (χ1v) is 5.40. The summed E-state index contributed by atoms with van der Waals surface area (Å²) in [6, 6.07) is 5.62. The summed E-state index contributed by atoms with van der Waals surface area (Å²) in [6.45, 7) is 1.71. The Labute approximate surface area is 104 Å². The molecule has 2 atom stereocenters. The molecule has 1 amide bonds. The van der Waals surface area contributed by atoms with Gasteiger partial charge in [0.2, 0.25) is 5.91 Å². The van der Waals surface area contributed by atoms with E-state index in [1.165, 1.54) is 24.3 Å². The molecule has 6 heteroatoms. The van der Waals surface area contributed by atoms with Crippen LogP contribution in [0, 0.1) is 0 Å². The minimum atomic E-state index is -1.66. The summed E-state index contributed by atoms with van der Waals surface area (Å²) < 4.78 is 4.59. The van der Waals surface area contributed by atoms with Crippen molar-refractivity contribution in [3.63, 3.8) is 0 Å². The van der Waals surface area contributed by atoms with E-state index < -0.39 is 24.1 Å². The second-order valence-corrected chi connectivity index (χ2v) is 3.63. The predicted octanol–water partition coefficient (Wildman–Crippen LogP) is -0.257. The monoisotopic (exact) mass is 253 g/mol. The molecule has 0 aromatic heterocycles. The molecule has 0 aliphatic heterocycles. The third kappa shape index (κ3) is 3.28. The van der Waals surface area contributed by atoms with Crippen LogP contribution in [0.1, 0.15) is 28.9 Å². The number of esters is 1. The van der Waals surface area contributed by atoms with Crippen LogP contribution < -0.4 is 5.73 Å². The van der Waals surface area contributed by atoms with Crippen molar-refractivity contribution in [3.8, 4) is 0 Å². The van der Waals surface area contributed by atoms with Crippen LogP contribution in [-0.4, -0.2) is 34.8 Å². The van der Waals surface area contributed by atoms with Gasteiger partial charge in [-0.15, -0.1) is 0 Å². The number of rotatable bonds is 5. The highest BCUT2D eigenvalue weighted by Crippen LogP contribution is 2.18. The molecule has 0 aliphatic rings. The molecule has 0 radical (unpaired) electrons. The van der Waals surface area contributed by atoms with Crippen LogP contribution in [0.5, 0.6) is 0 Å². The van der Waals surface area contributed by atoms with Gasteiger partial charge in [0, 0.05) is 5.56 Å². The molecule has 0 spiro atoms. The van der Waals surface area contributed by atoms with E-state index in [4.69, 9.17) is 5.73 Å². The quantitative estimate of drug-likeness (QED) is 0.626.